The van der Waals surface area contributed by atoms with Crippen molar-refractivity contribution in [3.8, 4) is 0 Å². The Morgan fingerprint density at radius 2 is 1.67 bits per heavy atom. The number of para-hydroxylation sites is 1. The zero-order chi connectivity index (χ0) is 15.5. The number of anilines is 1. The maximum absolute atomic E-state index is 13.4. The third kappa shape index (κ3) is 3.85. The van der Waals surface area contributed by atoms with Gasteiger partial charge in [-0.1, -0.05) is 30.3 Å². The van der Waals surface area contributed by atoms with Crippen molar-refractivity contribution in [3.05, 3.63) is 59.9 Å². The van der Waals surface area contributed by atoms with Gasteiger partial charge < -0.3 is 5.32 Å². The molecule has 2 aromatic carbocycles. The van der Waals surface area contributed by atoms with Gasteiger partial charge in [0, 0.05) is 0 Å². The van der Waals surface area contributed by atoms with Crippen LogP contribution >= 0.6 is 0 Å². The number of carbonyl (C=O) groups is 1. The molecule has 21 heavy (non-hydrogen) atoms. The molecule has 2 aromatic rings. The molecule has 4 nitrogen and oxygen atoms in total. The summed E-state index contributed by atoms with van der Waals surface area (Å²) in [6.07, 6.45) is -0.284. The Balaban J connectivity index is 2.20. The van der Waals surface area contributed by atoms with Crippen LogP contribution in [0, 0.1) is 5.82 Å². The molecule has 7 heteroatoms. The molecule has 0 fully saturated rings. The molecule has 110 valence electrons. The average molecular weight is 311 g/mol. The second kappa shape index (κ2) is 6.01. The largest absolute Gasteiger partial charge is 0.334 e. The van der Waals surface area contributed by atoms with E-state index in [1.54, 1.807) is 6.07 Å². The van der Waals surface area contributed by atoms with Crippen LogP contribution in [0.3, 0.4) is 0 Å². The molecule has 0 aliphatic rings. The Morgan fingerprint density at radius 1 is 1.05 bits per heavy atom. The lowest BCUT2D eigenvalue weighted by atomic mass is 10.1. The van der Waals surface area contributed by atoms with Gasteiger partial charge in [-0.3, -0.25) is 4.79 Å². The average Bonchev–Trinajstić information content (AvgIpc) is 2.41. The predicted molar refractivity (Wildman–Crippen MR) is 73.5 cm³/mol. The number of nitrogens with one attached hydrogen (secondary N) is 1. The fourth-order valence-corrected chi connectivity index (χ4v) is 2.41. The molecule has 0 spiro atoms. The Hall–Kier alpha value is -2.28. The highest BCUT2D eigenvalue weighted by molar-refractivity contribution is 7.86. The predicted octanol–water partition coefficient (Wildman–Crippen LogP) is 2.67. The first-order valence-corrected chi connectivity index (χ1v) is 7.33. The molecule has 0 unspecified atom stereocenters. The van der Waals surface area contributed by atoms with Crippen molar-refractivity contribution >= 4 is 21.8 Å². The van der Waals surface area contributed by atoms with Crippen LogP contribution in [-0.4, -0.2) is 14.3 Å². The van der Waals surface area contributed by atoms with E-state index in [0.29, 0.717) is 0 Å². The van der Waals surface area contributed by atoms with Crippen LogP contribution in [0.4, 0.5) is 14.0 Å². The molecular formula is C14H11F2NO3S. The van der Waals surface area contributed by atoms with E-state index in [1.165, 1.54) is 36.4 Å². The molecule has 0 aliphatic carbocycles. The standard InChI is InChI=1S/C14H11F2NO3S/c15-11-6-2-1-5-10(11)9-14(18)17-12-7-3-4-8-13(12)21(16,19)20/h1-8H,9H2,(H,17,18). The van der Waals surface area contributed by atoms with Crippen LogP contribution in [0.1, 0.15) is 5.56 Å². The number of benzene rings is 2. The van der Waals surface area contributed by atoms with Crippen molar-refractivity contribution in [2.75, 3.05) is 5.32 Å². The third-order valence-corrected chi connectivity index (χ3v) is 3.61. The number of hydrogen-bond donors (Lipinski definition) is 1. The monoisotopic (exact) mass is 311 g/mol. The first-order chi connectivity index (χ1) is 9.88. The van der Waals surface area contributed by atoms with E-state index in [4.69, 9.17) is 0 Å². The summed E-state index contributed by atoms with van der Waals surface area (Å²) < 4.78 is 48.4. The van der Waals surface area contributed by atoms with Gasteiger partial charge in [-0.25, -0.2) is 4.39 Å². The highest BCUT2D eigenvalue weighted by atomic mass is 32.3. The lowest BCUT2D eigenvalue weighted by Gasteiger charge is -2.08. The zero-order valence-electron chi connectivity index (χ0n) is 10.7. The van der Waals surface area contributed by atoms with E-state index in [-0.39, 0.29) is 17.7 Å². The van der Waals surface area contributed by atoms with E-state index in [1.807, 2.05) is 0 Å². The van der Waals surface area contributed by atoms with Gasteiger partial charge in [0.2, 0.25) is 5.91 Å². The van der Waals surface area contributed by atoms with Crippen LogP contribution < -0.4 is 5.32 Å². The maximum Gasteiger partial charge on any atom is 0.334 e. The Bertz CT molecular complexity index is 775. The van der Waals surface area contributed by atoms with Gasteiger partial charge in [0.25, 0.3) is 0 Å². The van der Waals surface area contributed by atoms with E-state index in [0.717, 1.165) is 6.07 Å². The summed E-state index contributed by atoms with van der Waals surface area (Å²) in [6, 6.07) is 10.8. The normalized spacial score (nSPS) is 11.1. The summed E-state index contributed by atoms with van der Waals surface area (Å²) in [5.74, 6) is -1.18. The molecule has 1 amide bonds. The molecule has 0 atom stereocenters. The summed E-state index contributed by atoms with van der Waals surface area (Å²) in [7, 11) is -4.95. The molecule has 0 heterocycles. The molecule has 1 N–H and O–H groups in total. The lowest BCUT2D eigenvalue weighted by molar-refractivity contribution is -0.115. The highest BCUT2D eigenvalue weighted by Crippen LogP contribution is 2.22. The molecule has 0 radical (unpaired) electrons. The van der Waals surface area contributed by atoms with E-state index < -0.39 is 26.8 Å². The number of carbonyl (C=O) groups excluding carboxylic acids is 1. The minimum absolute atomic E-state index is 0.163. The summed E-state index contributed by atoms with van der Waals surface area (Å²) in [5.41, 5.74) is -0.0167. The van der Waals surface area contributed by atoms with Gasteiger partial charge in [-0.15, -0.1) is 3.89 Å². The molecule has 2 rings (SSSR count). The molecule has 0 saturated heterocycles. The smallest absolute Gasteiger partial charge is 0.325 e. The zero-order valence-corrected chi connectivity index (χ0v) is 11.5. The highest BCUT2D eigenvalue weighted by Gasteiger charge is 2.18. The van der Waals surface area contributed by atoms with Gasteiger partial charge in [0.15, 0.2) is 0 Å². The Kier molecular flexibility index (Phi) is 4.32. The number of hydrogen-bond acceptors (Lipinski definition) is 3. The Morgan fingerprint density at radius 3 is 2.33 bits per heavy atom. The molecular weight excluding hydrogens is 300 g/mol. The topological polar surface area (TPSA) is 63.2 Å². The van der Waals surface area contributed by atoms with Gasteiger partial charge in [0.05, 0.1) is 12.1 Å². The quantitative estimate of drug-likeness (QED) is 0.883. The van der Waals surface area contributed by atoms with Crippen molar-refractivity contribution in [3.63, 3.8) is 0 Å². The maximum atomic E-state index is 13.4. The van der Waals surface area contributed by atoms with E-state index in [2.05, 4.69) is 5.32 Å². The van der Waals surface area contributed by atoms with Gasteiger partial charge in [0.1, 0.15) is 10.7 Å². The second-order valence-electron chi connectivity index (χ2n) is 4.25. The molecule has 0 bridgehead atoms. The molecule has 0 aromatic heterocycles. The second-order valence-corrected chi connectivity index (χ2v) is 5.57. The first kappa shape index (κ1) is 15.1. The van der Waals surface area contributed by atoms with Crippen LogP contribution in [-0.2, 0) is 21.4 Å². The fourth-order valence-electron chi connectivity index (χ4n) is 1.79. The summed E-state index contributed by atoms with van der Waals surface area (Å²) in [4.78, 5) is 11.2. The lowest BCUT2D eigenvalue weighted by Crippen LogP contribution is -2.16. The molecule has 0 saturated carbocycles. The minimum atomic E-state index is -4.95. The Labute approximate surface area is 120 Å². The first-order valence-electron chi connectivity index (χ1n) is 5.95. The van der Waals surface area contributed by atoms with Gasteiger partial charge in [-0.2, -0.15) is 8.42 Å². The van der Waals surface area contributed by atoms with Crippen molar-refractivity contribution < 1.29 is 21.5 Å². The summed E-state index contributed by atoms with van der Waals surface area (Å²) in [5, 5.41) is 2.27. The number of halogens is 2. The fraction of sp³-hybridized carbons (Fsp3) is 0.0714. The van der Waals surface area contributed by atoms with Gasteiger partial charge in [-0.05, 0) is 23.8 Å². The van der Waals surface area contributed by atoms with Crippen LogP contribution in [0.2, 0.25) is 0 Å². The minimum Gasteiger partial charge on any atom is -0.325 e. The van der Waals surface area contributed by atoms with Crippen LogP contribution in [0.25, 0.3) is 0 Å². The van der Waals surface area contributed by atoms with Crippen molar-refractivity contribution in [2.24, 2.45) is 0 Å². The summed E-state index contributed by atoms with van der Waals surface area (Å²) in [6.45, 7) is 0. The van der Waals surface area contributed by atoms with Crippen molar-refractivity contribution in [2.45, 2.75) is 11.3 Å². The van der Waals surface area contributed by atoms with Gasteiger partial charge >= 0.3 is 10.2 Å². The third-order valence-electron chi connectivity index (χ3n) is 2.73. The molecule has 0 aliphatic heterocycles. The number of amides is 1. The van der Waals surface area contributed by atoms with Crippen molar-refractivity contribution in [1.29, 1.82) is 0 Å². The van der Waals surface area contributed by atoms with Crippen LogP contribution in [0.5, 0.6) is 0 Å². The van der Waals surface area contributed by atoms with E-state index in [9.17, 15) is 21.5 Å². The van der Waals surface area contributed by atoms with Crippen molar-refractivity contribution in [1.82, 2.24) is 0 Å². The number of rotatable bonds is 4. The van der Waals surface area contributed by atoms with E-state index >= 15 is 0 Å². The summed E-state index contributed by atoms with van der Waals surface area (Å²) >= 11 is 0. The van der Waals surface area contributed by atoms with Crippen LogP contribution in [0.15, 0.2) is 53.4 Å². The SMILES string of the molecule is O=C(Cc1ccccc1F)Nc1ccccc1S(=O)(=O)F.